The maximum atomic E-state index is 12.2. The Morgan fingerprint density at radius 2 is 1.31 bits per heavy atom. The first-order chi connectivity index (χ1) is 17.7. The predicted octanol–water partition coefficient (Wildman–Crippen LogP) is 9.91. The third-order valence-electron chi connectivity index (χ3n) is 6.62. The molecule has 2 aromatic carbocycles. The first kappa shape index (κ1) is 29.7. The first-order valence-corrected chi connectivity index (χ1v) is 14.3. The molecule has 198 valence electrons. The second-order valence-corrected chi connectivity index (χ2v) is 9.86. The molecule has 0 heterocycles. The van der Waals surface area contributed by atoms with Crippen LogP contribution in [0.25, 0.3) is 0 Å². The van der Waals surface area contributed by atoms with E-state index in [9.17, 15) is 4.79 Å². The van der Waals surface area contributed by atoms with Crippen molar-refractivity contribution in [3.63, 3.8) is 0 Å². The van der Waals surface area contributed by atoms with Gasteiger partial charge in [-0.2, -0.15) is 0 Å². The zero-order valence-corrected chi connectivity index (χ0v) is 22.8. The summed E-state index contributed by atoms with van der Waals surface area (Å²) in [5, 5.41) is 0. The number of carbonyl (C=O) groups is 1. The Hall–Kier alpha value is -2.55. The number of carbonyl (C=O) groups excluding carboxylic acids is 1. The van der Waals surface area contributed by atoms with Crippen molar-refractivity contribution >= 4 is 5.97 Å². The van der Waals surface area contributed by atoms with E-state index in [1.165, 1.54) is 77.0 Å². The van der Waals surface area contributed by atoms with Gasteiger partial charge in [0.25, 0.3) is 0 Å². The summed E-state index contributed by atoms with van der Waals surface area (Å²) in [6.07, 6.45) is 21.8. The molecule has 0 saturated carbocycles. The molecule has 0 aliphatic heterocycles. The third-order valence-corrected chi connectivity index (χ3v) is 6.62. The van der Waals surface area contributed by atoms with Gasteiger partial charge in [0.05, 0.1) is 0 Å². The molecule has 3 nitrogen and oxygen atoms in total. The lowest BCUT2D eigenvalue weighted by Gasteiger charge is -2.13. The minimum Gasteiger partial charge on any atom is -0.489 e. The molecule has 3 heteroatoms. The SMILES string of the molecule is CCCCCCCCCCCCCCCC=CC(=O)OC(C)c1ccc(OCc2ccccc2)cc1. The van der Waals surface area contributed by atoms with Crippen LogP contribution in [0.4, 0.5) is 0 Å². The lowest BCUT2D eigenvalue weighted by Crippen LogP contribution is -2.06. The molecule has 0 aliphatic rings. The van der Waals surface area contributed by atoms with Gasteiger partial charge in [-0.3, -0.25) is 0 Å². The fourth-order valence-electron chi connectivity index (χ4n) is 4.32. The molecule has 0 fully saturated rings. The van der Waals surface area contributed by atoms with Crippen LogP contribution in [0.3, 0.4) is 0 Å². The smallest absolute Gasteiger partial charge is 0.331 e. The number of benzene rings is 2. The van der Waals surface area contributed by atoms with Gasteiger partial charge in [-0.15, -0.1) is 0 Å². The van der Waals surface area contributed by atoms with Crippen LogP contribution < -0.4 is 4.74 Å². The summed E-state index contributed by atoms with van der Waals surface area (Å²) in [5.41, 5.74) is 2.09. The number of rotatable bonds is 20. The first-order valence-electron chi connectivity index (χ1n) is 14.3. The van der Waals surface area contributed by atoms with Gasteiger partial charge in [0, 0.05) is 6.08 Å². The normalized spacial score (nSPS) is 12.1. The minimum absolute atomic E-state index is 0.276. The van der Waals surface area contributed by atoms with Gasteiger partial charge in [0.2, 0.25) is 0 Å². The molecule has 2 aromatic rings. The van der Waals surface area contributed by atoms with Gasteiger partial charge in [-0.25, -0.2) is 4.79 Å². The summed E-state index contributed by atoms with van der Waals surface area (Å²) in [7, 11) is 0. The highest BCUT2D eigenvalue weighted by molar-refractivity contribution is 5.82. The van der Waals surface area contributed by atoms with E-state index >= 15 is 0 Å². The lowest BCUT2D eigenvalue weighted by atomic mass is 10.0. The summed E-state index contributed by atoms with van der Waals surface area (Å²) in [5.74, 6) is 0.528. The van der Waals surface area contributed by atoms with Crippen LogP contribution in [0.15, 0.2) is 66.7 Å². The summed E-state index contributed by atoms with van der Waals surface area (Å²) in [6, 6.07) is 17.9. The van der Waals surface area contributed by atoms with Crippen molar-refractivity contribution in [3.8, 4) is 5.75 Å². The fourth-order valence-corrected chi connectivity index (χ4v) is 4.32. The quantitative estimate of drug-likeness (QED) is 0.105. The summed E-state index contributed by atoms with van der Waals surface area (Å²) >= 11 is 0. The van der Waals surface area contributed by atoms with E-state index in [4.69, 9.17) is 9.47 Å². The highest BCUT2D eigenvalue weighted by Gasteiger charge is 2.10. The van der Waals surface area contributed by atoms with Crippen LogP contribution >= 0.6 is 0 Å². The molecule has 0 aliphatic carbocycles. The van der Waals surface area contributed by atoms with E-state index in [-0.39, 0.29) is 12.1 Å². The second kappa shape index (κ2) is 19.6. The second-order valence-electron chi connectivity index (χ2n) is 9.86. The van der Waals surface area contributed by atoms with Gasteiger partial charge in [-0.05, 0) is 43.0 Å². The van der Waals surface area contributed by atoms with E-state index in [1.54, 1.807) is 6.08 Å². The highest BCUT2D eigenvalue weighted by atomic mass is 16.5. The van der Waals surface area contributed by atoms with Crippen LogP contribution in [-0.2, 0) is 16.1 Å². The lowest BCUT2D eigenvalue weighted by molar-refractivity contribution is -0.142. The van der Waals surface area contributed by atoms with E-state index in [2.05, 4.69) is 6.92 Å². The minimum atomic E-state index is -0.290. The van der Waals surface area contributed by atoms with Crippen LogP contribution in [0.2, 0.25) is 0 Å². The van der Waals surface area contributed by atoms with Crippen molar-refractivity contribution in [1.82, 2.24) is 0 Å². The molecule has 0 aromatic heterocycles. The Bertz CT molecular complexity index is 826. The average Bonchev–Trinajstić information content (AvgIpc) is 2.90. The molecule has 36 heavy (non-hydrogen) atoms. The highest BCUT2D eigenvalue weighted by Crippen LogP contribution is 2.21. The maximum absolute atomic E-state index is 12.2. The van der Waals surface area contributed by atoms with Crippen LogP contribution in [0.5, 0.6) is 5.75 Å². The van der Waals surface area contributed by atoms with Crippen LogP contribution in [0, 0.1) is 0 Å². The largest absolute Gasteiger partial charge is 0.489 e. The number of esters is 1. The Labute approximate surface area is 220 Å². The Morgan fingerprint density at radius 1 is 0.750 bits per heavy atom. The molecular formula is C33H48O3. The molecular weight excluding hydrogens is 444 g/mol. The van der Waals surface area contributed by atoms with Crippen molar-refractivity contribution in [1.29, 1.82) is 0 Å². The van der Waals surface area contributed by atoms with Crippen molar-refractivity contribution < 1.29 is 14.3 Å². The maximum Gasteiger partial charge on any atom is 0.331 e. The van der Waals surface area contributed by atoms with Crippen molar-refractivity contribution in [2.75, 3.05) is 0 Å². The van der Waals surface area contributed by atoms with Gasteiger partial charge in [0.1, 0.15) is 18.5 Å². The monoisotopic (exact) mass is 492 g/mol. The molecule has 1 unspecified atom stereocenters. The molecule has 0 bridgehead atoms. The molecule has 0 radical (unpaired) electrons. The van der Waals surface area contributed by atoms with E-state index in [0.29, 0.717) is 6.61 Å². The number of hydrogen-bond donors (Lipinski definition) is 0. The van der Waals surface area contributed by atoms with Crippen LogP contribution in [-0.4, -0.2) is 5.97 Å². The number of hydrogen-bond acceptors (Lipinski definition) is 3. The summed E-state index contributed by atoms with van der Waals surface area (Å²) < 4.78 is 11.4. The number of allylic oxidation sites excluding steroid dienone is 1. The predicted molar refractivity (Wildman–Crippen MR) is 151 cm³/mol. The van der Waals surface area contributed by atoms with Gasteiger partial charge >= 0.3 is 5.97 Å². The standard InChI is InChI=1S/C33H48O3/c1-3-4-5-6-7-8-9-10-11-12-13-14-15-16-20-23-33(34)36-29(2)31-24-26-32(27-25-31)35-28-30-21-18-17-19-22-30/h17-27,29H,3-16,28H2,1-2H3. The zero-order valence-electron chi connectivity index (χ0n) is 22.8. The average molecular weight is 493 g/mol. The summed E-state index contributed by atoms with van der Waals surface area (Å²) in [4.78, 5) is 12.2. The van der Waals surface area contributed by atoms with E-state index in [1.807, 2.05) is 67.6 Å². The fraction of sp³-hybridized carbons (Fsp3) is 0.545. The van der Waals surface area contributed by atoms with E-state index < -0.39 is 0 Å². The zero-order chi connectivity index (χ0) is 25.7. The number of unbranched alkanes of at least 4 members (excludes halogenated alkanes) is 13. The van der Waals surface area contributed by atoms with E-state index in [0.717, 1.165) is 29.7 Å². The molecule has 2 rings (SSSR count). The van der Waals surface area contributed by atoms with Crippen molar-refractivity contribution in [2.24, 2.45) is 0 Å². The summed E-state index contributed by atoms with van der Waals surface area (Å²) in [6.45, 7) is 4.71. The molecule has 0 spiro atoms. The molecule has 0 saturated heterocycles. The van der Waals surface area contributed by atoms with Crippen LogP contribution in [0.1, 0.15) is 121 Å². The Morgan fingerprint density at radius 3 is 1.89 bits per heavy atom. The van der Waals surface area contributed by atoms with Crippen molar-refractivity contribution in [2.45, 2.75) is 116 Å². The van der Waals surface area contributed by atoms with Crippen molar-refractivity contribution in [3.05, 3.63) is 77.9 Å². The van der Waals surface area contributed by atoms with Gasteiger partial charge in [0.15, 0.2) is 0 Å². The van der Waals surface area contributed by atoms with Gasteiger partial charge < -0.3 is 9.47 Å². The third kappa shape index (κ3) is 14.1. The topological polar surface area (TPSA) is 35.5 Å². The molecule has 0 N–H and O–H groups in total. The molecule has 1 atom stereocenters. The number of ether oxygens (including phenoxy) is 2. The van der Waals surface area contributed by atoms with Gasteiger partial charge in [-0.1, -0.05) is 133 Å². The molecule has 0 amide bonds. The Kier molecular flexibility index (Phi) is 16.2. The Balaban J connectivity index is 1.48.